The Morgan fingerprint density at radius 3 is 2.38 bits per heavy atom. The molecule has 0 aliphatic rings. The molecule has 0 heterocycles. The van der Waals surface area contributed by atoms with Gasteiger partial charge in [0.25, 0.3) is 0 Å². The standard InChI is InChI=1S/C12H26N2O.ClH/c1-4-6-7-11(5-2)12(15)14-9-8-10(3)13;/h10-11H,4-9,13H2,1-3H3,(H,14,15);1H. The van der Waals surface area contributed by atoms with E-state index in [1.165, 1.54) is 0 Å². The topological polar surface area (TPSA) is 55.1 Å². The molecular formula is C12H27ClN2O. The lowest BCUT2D eigenvalue weighted by Gasteiger charge is -2.15. The number of rotatable bonds is 8. The van der Waals surface area contributed by atoms with E-state index < -0.39 is 0 Å². The third-order valence-corrected chi connectivity index (χ3v) is 2.67. The minimum atomic E-state index is 0. The average Bonchev–Trinajstić information content (AvgIpc) is 2.18. The van der Waals surface area contributed by atoms with Crippen LogP contribution in [0, 0.1) is 5.92 Å². The molecule has 0 aromatic carbocycles. The number of hydrogen-bond acceptors (Lipinski definition) is 2. The quantitative estimate of drug-likeness (QED) is 0.696. The summed E-state index contributed by atoms with van der Waals surface area (Å²) in [6.07, 6.45) is 5.10. The lowest BCUT2D eigenvalue weighted by Crippen LogP contribution is -2.33. The van der Waals surface area contributed by atoms with E-state index in [4.69, 9.17) is 5.73 Å². The second kappa shape index (κ2) is 11.2. The number of amides is 1. The zero-order chi connectivity index (χ0) is 11.7. The van der Waals surface area contributed by atoms with Gasteiger partial charge < -0.3 is 11.1 Å². The van der Waals surface area contributed by atoms with Crippen LogP contribution in [0.5, 0.6) is 0 Å². The third kappa shape index (κ3) is 8.98. The van der Waals surface area contributed by atoms with Gasteiger partial charge in [-0.15, -0.1) is 12.4 Å². The van der Waals surface area contributed by atoms with Crippen molar-refractivity contribution in [2.24, 2.45) is 11.7 Å². The van der Waals surface area contributed by atoms with E-state index in [2.05, 4.69) is 19.2 Å². The molecule has 0 rings (SSSR count). The Morgan fingerprint density at radius 1 is 1.31 bits per heavy atom. The Hall–Kier alpha value is -0.280. The second-order valence-electron chi connectivity index (χ2n) is 4.30. The SMILES string of the molecule is CCCCC(CC)C(=O)NCCC(C)N.Cl. The average molecular weight is 251 g/mol. The summed E-state index contributed by atoms with van der Waals surface area (Å²) in [7, 11) is 0. The minimum Gasteiger partial charge on any atom is -0.356 e. The van der Waals surface area contributed by atoms with Crippen LogP contribution in [0.25, 0.3) is 0 Å². The van der Waals surface area contributed by atoms with E-state index in [1.54, 1.807) is 0 Å². The Balaban J connectivity index is 0. The fourth-order valence-corrected chi connectivity index (χ4v) is 1.54. The largest absolute Gasteiger partial charge is 0.356 e. The molecule has 4 heteroatoms. The molecule has 16 heavy (non-hydrogen) atoms. The van der Waals surface area contributed by atoms with Gasteiger partial charge >= 0.3 is 0 Å². The lowest BCUT2D eigenvalue weighted by atomic mass is 9.98. The molecule has 0 spiro atoms. The number of unbranched alkanes of at least 4 members (excludes halogenated alkanes) is 1. The van der Waals surface area contributed by atoms with E-state index in [0.29, 0.717) is 6.54 Å². The first-order chi connectivity index (χ1) is 7.11. The smallest absolute Gasteiger partial charge is 0.223 e. The summed E-state index contributed by atoms with van der Waals surface area (Å²) in [4.78, 5) is 11.7. The van der Waals surface area contributed by atoms with Crippen LogP contribution >= 0.6 is 12.4 Å². The van der Waals surface area contributed by atoms with Gasteiger partial charge in [0.15, 0.2) is 0 Å². The predicted molar refractivity (Wildman–Crippen MR) is 71.8 cm³/mol. The first-order valence-corrected chi connectivity index (χ1v) is 6.15. The zero-order valence-electron chi connectivity index (χ0n) is 10.8. The van der Waals surface area contributed by atoms with Gasteiger partial charge in [0.2, 0.25) is 5.91 Å². The maximum absolute atomic E-state index is 11.7. The Bertz CT molecular complexity index is 174. The van der Waals surface area contributed by atoms with Gasteiger partial charge in [-0.2, -0.15) is 0 Å². The van der Waals surface area contributed by atoms with E-state index in [0.717, 1.165) is 32.1 Å². The van der Waals surface area contributed by atoms with Gasteiger partial charge in [-0.3, -0.25) is 4.79 Å². The Labute approximate surface area is 106 Å². The van der Waals surface area contributed by atoms with Crippen molar-refractivity contribution in [1.29, 1.82) is 0 Å². The monoisotopic (exact) mass is 250 g/mol. The van der Waals surface area contributed by atoms with Crippen LogP contribution in [-0.2, 0) is 4.79 Å². The fraction of sp³-hybridized carbons (Fsp3) is 0.917. The maximum Gasteiger partial charge on any atom is 0.223 e. The van der Waals surface area contributed by atoms with Gasteiger partial charge in [-0.1, -0.05) is 26.7 Å². The predicted octanol–water partition coefficient (Wildman–Crippen LogP) is 2.48. The highest BCUT2D eigenvalue weighted by molar-refractivity contribution is 5.85. The lowest BCUT2D eigenvalue weighted by molar-refractivity contribution is -0.125. The summed E-state index contributed by atoms with van der Waals surface area (Å²) in [5.41, 5.74) is 5.62. The van der Waals surface area contributed by atoms with E-state index in [-0.39, 0.29) is 30.3 Å². The molecule has 2 atom stereocenters. The van der Waals surface area contributed by atoms with Crippen molar-refractivity contribution in [3.63, 3.8) is 0 Å². The molecule has 0 fully saturated rings. The van der Waals surface area contributed by atoms with Gasteiger partial charge in [0, 0.05) is 18.5 Å². The highest BCUT2D eigenvalue weighted by Gasteiger charge is 2.14. The van der Waals surface area contributed by atoms with Crippen LogP contribution in [0.3, 0.4) is 0 Å². The van der Waals surface area contributed by atoms with Gasteiger partial charge in [-0.05, 0) is 26.2 Å². The second-order valence-corrected chi connectivity index (χ2v) is 4.30. The summed E-state index contributed by atoms with van der Waals surface area (Å²) in [6.45, 7) is 6.89. The van der Waals surface area contributed by atoms with Crippen LogP contribution in [0.15, 0.2) is 0 Å². The van der Waals surface area contributed by atoms with E-state index in [9.17, 15) is 4.79 Å². The fourth-order valence-electron chi connectivity index (χ4n) is 1.54. The van der Waals surface area contributed by atoms with E-state index in [1.807, 2.05) is 6.92 Å². The summed E-state index contributed by atoms with van der Waals surface area (Å²) in [5.74, 6) is 0.393. The third-order valence-electron chi connectivity index (χ3n) is 2.67. The molecule has 0 bridgehead atoms. The van der Waals surface area contributed by atoms with Crippen molar-refractivity contribution in [1.82, 2.24) is 5.32 Å². The summed E-state index contributed by atoms with van der Waals surface area (Å²) < 4.78 is 0. The molecule has 2 unspecified atom stereocenters. The number of nitrogens with two attached hydrogens (primary N) is 1. The normalized spacial score (nSPS) is 13.8. The van der Waals surface area contributed by atoms with Crippen molar-refractivity contribution in [3.8, 4) is 0 Å². The first kappa shape index (κ1) is 18.1. The van der Waals surface area contributed by atoms with Crippen LogP contribution in [0.1, 0.15) is 52.9 Å². The molecule has 1 amide bonds. The van der Waals surface area contributed by atoms with Crippen molar-refractivity contribution in [3.05, 3.63) is 0 Å². The Morgan fingerprint density at radius 2 is 1.94 bits per heavy atom. The summed E-state index contributed by atoms with van der Waals surface area (Å²) in [6, 6.07) is 0.168. The molecular weight excluding hydrogens is 224 g/mol. The van der Waals surface area contributed by atoms with Crippen LogP contribution in [0.4, 0.5) is 0 Å². The van der Waals surface area contributed by atoms with Gasteiger partial charge in [0.05, 0.1) is 0 Å². The number of hydrogen-bond donors (Lipinski definition) is 2. The molecule has 0 saturated carbocycles. The molecule has 0 aliphatic heterocycles. The molecule has 0 saturated heterocycles. The van der Waals surface area contributed by atoms with Crippen molar-refractivity contribution < 1.29 is 4.79 Å². The minimum absolute atomic E-state index is 0. The van der Waals surface area contributed by atoms with Crippen LogP contribution in [-0.4, -0.2) is 18.5 Å². The van der Waals surface area contributed by atoms with Crippen molar-refractivity contribution >= 4 is 18.3 Å². The van der Waals surface area contributed by atoms with Gasteiger partial charge in [-0.25, -0.2) is 0 Å². The molecule has 0 aromatic rings. The molecule has 3 nitrogen and oxygen atoms in total. The molecule has 0 aliphatic carbocycles. The van der Waals surface area contributed by atoms with Crippen LogP contribution in [0.2, 0.25) is 0 Å². The summed E-state index contributed by atoms with van der Waals surface area (Å²) >= 11 is 0. The molecule has 0 aromatic heterocycles. The van der Waals surface area contributed by atoms with E-state index >= 15 is 0 Å². The zero-order valence-corrected chi connectivity index (χ0v) is 11.6. The van der Waals surface area contributed by atoms with Gasteiger partial charge in [0.1, 0.15) is 0 Å². The number of carbonyl (C=O) groups is 1. The Kier molecular flexibility index (Phi) is 12.7. The summed E-state index contributed by atoms with van der Waals surface area (Å²) in [5, 5.41) is 2.95. The maximum atomic E-state index is 11.7. The first-order valence-electron chi connectivity index (χ1n) is 6.15. The molecule has 0 radical (unpaired) electrons. The molecule has 98 valence electrons. The highest BCUT2D eigenvalue weighted by Crippen LogP contribution is 2.12. The number of carbonyl (C=O) groups excluding carboxylic acids is 1. The number of nitrogens with one attached hydrogen (secondary N) is 1. The highest BCUT2D eigenvalue weighted by atomic mass is 35.5. The van der Waals surface area contributed by atoms with Crippen LogP contribution < -0.4 is 11.1 Å². The van der Waals surface area contributed by atoms with Crippen molar-refractivity contribution in [2.45, 2.75) is 58.9 Å². The molecule has 3 N–H and O–H groups in total. The number of halogens is 1. The van der Waals surface area contributed by atoms with Crippen molar-refractivity contribution in [2.75, 3.05) is 6.54 Å².